The number of carbonyl (C=O) groups is 2. The molecule has 0 aromatic heterocycles. The van der Waals surface area contributed by atoms with Crippen LogP contribution in [0.15, 0.2) is 35.4 Å². The molecule has 1 amide bonds. The van der Waals surface area contributed by atoms with Crippen molar-refractivity contribution in [2.45, 2.75) is 55.2 Å². The number of phenolic OH excluding ortho intramolecular Hbond substituents is 1. The highest BCUT2D eigenvalue weighted by Crippen LogP contribution is 2.64. The van der Waals surface area contributed by atoms with Crippen molar-refractivity contribution in [3.05, 3.63) is 67.6 Å². The average molecular weight is 505 g/mol. The van der Waals surface area contributed by atoms with Crippen LogP contribution in [0.4, 0.5) is 11.4 Å². The number of azide groups is 1. The third-order valence-electron chi connectivity index (χ3n) is 8.71. The standard InChI is InChI=1S/C25H24N6O6/c1-30-9-8-24-21-13-2-5-17(32)22(21)37-23(24)18(33)6-7-25(24,19(30)11-13)27-20(34)12-14-10-15(28-29-26)3-4-16(14)31(35)36/h2-5,10,19,23,32H,6-9,11-12H2,1H3,(H,27,34)/t19-,23+,24+,25-/m1/s1. The topological polar surface area (TPSA) is 171 Å². The molecule has 4 aliphatic rings. The Morgan fingerprint density at radius 2 is 2.19 bits per heavy atom. The van der Waals surface area contributed by atoms with Gasteiger partial charge in [0, 0.05) is 40.3 Å². The predicted octanol–water partition coefficient (Wildman–Crippen LogP) is 2.96. The van der Waals surface area contributed by atoms with Gasteiger partial charge in [0.05, 0.1) is 22.3 Å². The molecule has 2 heterocycles. The van der Waals surface area contributed by atoms with Gasteiger partial charge in [-0.1, -0.05) is 11.2 Å². The van der Waals surface area contributed by atoms with Crippen LogP contribution in [0.2, 0.25) is 0 Å². The molecular formula is C25H24N6O6. The molecule has 2 bridgehead atoms. The number of ketones is 1. The van der Waals surface area contributed by atoms with Gasteiger partial charge < -0.3 is 20.1 Å². The second-order valence-corrected chi connectivity index (χ2v) is 10.3. The van der Waals surface area contributed by atoms with Gasteiger partial charge in [-0.2, -0.15) is 0 Å². The van der Waals surface area contributed by atoms with E-state index in [-0.39, 0.29) is 47.4 Å². The summed E-state index contributed by atoms with van der Waals surface area (Å²) in [5, 5.41) is 29.0. The highest BCUT2D eigenvalue weighted by Gasteiger charge is 2.73. The molecule has 2 fully saturated rings. The van der Waals surface area contributed by atoms with Crippen molar-refractivity contribution in [2.24, 2.45) is 5.11 Å². The number of nitrogens with zero attached hydrogens (tertiary/aromatic N) is 5. The van der Waals surface area contributed by atoms with Crippen LogP contribution >= 0.6 is 0 Å². The zero-order chi connectivity index (χ0) is 26.1. The van der Waals surface area contributed by atoms with Gasteiger partial charge in [-0.3, -0.25) is 19.7 Å². The molecule has 2 aromatic carbocycles. The highest BCUT2D eigenvalue weighted by molar-refractivity contribution is 5.91. The number of amides is 1. The highest BCUT2D eigenvalue weighted by atomic mass is 16.6. The minimum absolute atomic E-state index is 0.0292. The Kier molecular flexibility index (Phi) is 4.98. The number of piperidine rings is 1. The number of nitro groups is 1. The lowest BCUT2D eigenvalue weighted by molar-refractivity contribution is -0.385. The summed E-state index contributed by atoms with van der Waals surface area (Å²) in [5.41, 5.74) is 8.87. The first-order valence-electron chi connectivity index (χ1n) is 12.1. The number of aromatic hydroxyl groups is 1. The van der Waals surface area contributed by atoms with Crippen molar-refractivity contribution in [1.82, 2.24) is 10.2 Å². The van der Waals surface area contributed by atoms with Crippen molar-refractivity contribution in [3.63, 3.8) is 0 Å². The predicted molar refractivity (Wildman–Crippen MR) is 130 cm³/mol. The maximum atomic E-state index is 13.7. The van der Waals surface area contributed by atoms with E-state index in [1.165, 1.54) is 18.2 Å². The summed E-state index contributed by atoms with van der Waals surface area (Å²) in [4.78, 5) is 42.8. The SMILES string of the molecule is CN1CC[C@]23c4c5ccc(O)c4O[C@H]2C(=O)CC[C@@]3(NC(=O)Cc2cc(N=[N+]=[N-])ccc2[N+](=O)[O-])[C@H]1C5. The fourth-order valence-electron chi connectivity index (χ4n) is 7.31. The Bertz CT molecular complexity index is 1440. The number of nitrogens with one attached hydrogen (secondary N) is 1. The number of benzene rings is 2. The second-order valence-electron chi connectivity index (χ2n) is 10.3. The van der Waals surface area contributed by atoms with Crippen LogP contribution in [0, 0.1) is 10.1 Å². The zero-order valence-corrected chi connectivity index (χ0v) is 20.0. The number of likely N-dealkylation sites (N-methyl/N-ethyl adjacent to an activating group) is 1. The summed E-state index contributed by atoms with van der Waals surface area (Å²) >= 11 is 0. The Labute approximate surface area is 211 Å². The molecule has 1 saturated carbocycles. The van der Waals surface area contributed by atoms with Gasteiger partial charge in [0.2, 0.25) is 5.91 Å². The number of phenols is 1. The number of nitro benzene ring substituents is 1. The molecular weight excluding hydrogens is 480 g/mol. The summed E-state index contributed by atoms with van der Waals surface area (Å²) in [6.07, 6.45) is 0.598. The summed E-state index contributed by atoms with van der Waals surface area (Å²) in [5.74, 6) is -0.212. The number of carbonyl (C=O) groups excluding carboxylic acids is 2. The third-order valence-corrected chi connectivity index (χ3v) is 8.71. The largest absolute Gasteiger partial charge is 0.504 e. The van der Waals surface area contributed by atoms with Crippen molar-refractivity contribution >= 4 is 23.1 Å². The van der Waals surface area contributed by atoms with E-state index >= 15 is 0 Å². The Morgan fingerprint density at radius 3 is 2.95 bits per heavy atom. The normalized spacial score (nSPS) is 29.1. The van der Waals surface area contributed by atoms with Gasteiger partial charge in [-0.25, -0.2) is 0 Å². The van der Waals surface area contributed by atoms with Crippen LogP contribution in [0.3, 0.4) is 0 Å². The van der Waals surface area contributed by atoms with Crippen LogP contribution < -0.4 is 10.1 Å². The summed E-state index contributed by atoms with van der Waals surface area (Å²) in [7, 11) is 1.99. The van der Waals surface area contributed by atoms with Gasteiger partial charge in [-0.15, -0.1) is 0 Å². The van der Waals surface area contributed by atoms with Crippen molar-refractivity contribution < 1.29 is 24.4 Å². The van der Waals surface area contributed by atoms with E-state index in [1.807, 2.05) is 13.1 Å². The molecule has 37 heavy (non-hydrogen) atoms. The van der Waals surface area contributed by atoms with E-state index in [9.17, 15) is 24.8 Å². The number of ether oxygens (including phenoxy) is 1. The Hall–Kier alpha value is -4.15. The van der Waals surface area contributed by atoms with E-state index in [0.717, 1.165) is 11.1 Å². The molecule has 12 nitrogen and oxygen atoms in total. The fourth-order valence-corrected chi connectivity index (χ4v) is 7.31. The van der Waals surface area contributed by atoms with Crippen LogP contribution in [0.5, 0.6) is 11.5 Å². The van der Waals surface area contributed by atoms with Gasteiger partial charge in [0.15, 0.2) is 23.4 Å². The van der Waals surface area contributed by atoms with E-state index in [4.69, 9.17) is 10.3 Å². The van der Waals surface area contributed by atoms with Crippen LogP contribution in [0.25, 0.3) is 10.4 Å². The molecule has 2 N–H and O–H groups in total. The summed E-state index contributed by atoms with van der Waals surface area (Å²) in [6.45, 7) is 0.684. The fraction of sp³-hybridized carbons (Fsp3) is 0.440. The van der Waals surface area contributed by atoms with Gasteiger partial charge in [0.25, 0.3) is 5.69 Å². The second kappa shape index (κ2) is 7.92. The minimum atomic E-state index is -0.876. The average Bonchev–Trinajstić information content (AvgIpc) is 3.21. The monoisotopic (exact) mass is 504 g/mol. The van der Waals surface area contributed by atoms with Crippen LogP contribution in [0.1, 0.15) is 36.0 Å². The molecule has 6 rings (SSSR count). The smallest absolute Gasteiger partial charge is 0.273 e. The van der Waals surface area contributed by atoms with E-state index < -0.39 is 27.9 Å². The quantitative estimate of drug-likeness (QED) is 0.207. The Morgan fingerprint density at radius 1 is 1.38 bits per heavy atom. The van der Waals surface area contributed by atoms with Gasteiger partial charge in [-0.05, 0) is 62.1 Å². The molecule has 2 aromatic rings. The summed E-state index contributed by atoms with van der Waals surface area (Å²) in [6, 6.07) is 7.20. The van der Waals surface area contributed by atoms with E-state index in [1.54, 1.807) is 6.07 Å². The molecule has 2 aliphatic heterocycles. The first kappa shape index (κ1) is 23.3. The van der Waals surface area contributed by atoms with Crippen LogP contribution in [-0.2, 0) is 27.8 Å². The number of likely N-dealkylation sites (tertiary alicyclic amines) is 1. The number of Topliss-reactive ketones (excluding diaryl/α,β-unsaturated/α-hetero) is 1. The Balaban J connectivity index is 1.45. The third kappa shape index (κ3) is 3.03. The maximum Gasteiger partial charge on any atom is 0.273 e. The van der Waals surface area contributed by atoms with E-state index in [0.29, 0.717) is 31.6 Å². The first-order chi connectivity index (χ1) is 17.7. The van der Waals surface area contributed by atoms with E-state index in [2.05, 4.69) is 20.2 Å². The van der Waals surface area contributed by atoms with Crippen LogP contribution in [-0.4, -0.2) is 57.9 Å². The molecule has 4 atom stereocenters. The maximum absolute atomic E-state index is 13.7. The molecule has 1 spiro atoms. The van der Waals surface area contributed by atoms with Crippen molar-refractivity contribution in [2.75, 3.05) is 13.6 Å². The lowest BCUT2D eigenvalue weighted by Gasteiger charge is -2.64. The lowest BCUT2D eigenvalue weighted by Crippen LogP contribution is -2.81. The summed E-state index contributed by atoms with van der Waals surface area (Å²) < 4.78 is 6.17. The van der Waals surface area contributed by atoms with Gasteiger partial charge >= 0.3 is 0 Å². The molecule has 190 valence electrons. The molecule has 2 aliphatic carbocycles. The first-order valence-corrected chi connectivity index (χ1v) is 12.1. The molecule has 12 heteroatoms. The van der Waals surface area contributed by atoms with Gasteiger partial charge in [0.1, 0.15) is 0 Å². The van der Waals surface area contributed by atoms with Crippen molar-refractivity contribution in [3.8, 4) is 11.5 Å². The number of hydrogen-bond donors (Lipinski definition) is 2. The number of hydrogen-bond acceptors (Lipinski definition) is 8. The molecule has 0 unspecified atom stereocenters. The lowest BCUT2D eigenvalue weighted by atomic mass is 9.47. The van der Waals surface area contributed by atoms with Crippen molar-refractivity contribution in [1.29, 1.82) is 0 Å². The molecule has 1 saturated heterocycles. The number of rotatable bonds is 5. The minimum Gasteiger partial charge on any atom is -0.504 e. The zero-order valence-electron chi connectivity index (χ0n) is 20.0. The molecule has 0 radical (unpaired) electrons.